The van der Waals surface area contributed by atoms with E-state index in [2.05, 4.69) is 21.9 Å². The van der Waals surface area contributed by atoms with E-state index in [1.807, 2.05) is 32.6 Å². The fourth-order valence-electron chi connectivity index (χ4n) is 2.87. The molecule has 0 N–H and O–H groups in total. The standard InChI is InChI=1S/C17H28N4O2/c1-13-15(19-9-8-18-13)20(5)12-14-6-10-21(11-7-14)16(22)23-17(2,3)4/h8-9,14H,6-7,10-12H2,1-5H3. The largest absolute Gasteiger partial charge is 0.444 e. The average molecular weight is 320 g/mol. The topological polar surface area (TPSA) is 58.6 Å². The summed E-state index contributed by atoms with van der Waals surface area (Å²) < 4.78 is 5.44. The lowest BCUT2D eigenvalue weighted by atomic mass is 9.96. The maximum atomic E-state index is 12.1. The first-order valence-corrected chi connectivity index (χ1v) is 8.23. The van der Waals surface area contributed by atoms with Crippen LogP contribution in [0.3, 0.4) is 0 Å². The molecule has 1 fully saturated rings. The number of nitrogens with zero attached hydrogens (tertiary/aromatic N) is 4. The summed E-state index contributed by atoms with van der Waals surface area (Å²) >= 11 is 0. The number of carbonyl (C=O) groups excluding carboxylic acids is 1. The fraction of sp³-hybridized carbons (Fsp3) is 0.706. The van der Waals surface area contributed by atoms with Crippen molar-refractivity contribution in [2.24, 2.45) is 5.92 Å². The van der Waals surface area contributed by atoms with Crippen molar-refractivity contribution in [3.8, 4) is 0 Å². The number of amides is 1. The van der Waals surface area contributed by atoms with Crippen molar-refractivity contribution in [1.29, 1.82) is 0 Å². The van der Waals surface area contributed by atoms with Crippen LogP contribution in [0, 0.1) is 12.8 Å². The summed E-state index contributed by atoms with van der Waals surface area (Å²) in [6.07, 6.45) is 5.22. The number of piperidine rings is 1. The Kier molecular flexibility index (Phi) is 5.44. The molecule has 1 aliphatic heterocycles. The smallest absolute Gasteiger partial charge is 0.410 e. The van der Waals surface area contributed by atoms with Crippen LogP contribution < -0.4 is 4.90 Å². The molecule has 128 valence electrons. The molecule has 0 spiro atoms. The highest BCUT2D eigenvalue weighted by atomic mass is 16.6. The van der Waals surface area contributed by atoms with Crippen LogP contribution >= 0.6 is 0 Å². The summed E-state index contributed by atoms with van der Waals surface area (Å²) in [7, 11) is 2.05. The molecule has 2 heterocycles. The molecule has 0 aliphatic carbocycles. The zero-order chi connectivity index (χ0) is 17.0. The van der Waals surface area contributed by atoms with Crippen molar-refractivity contribution >= 4 is 11.9 Å². The Morgan fingerprint density at radius 1 is 1.30 bits per heavy atom. The number of aryl methyl sites for hydroxylation is 1. The van der Waals surface area contributed by atoms with Crippen molar-refractivity contribution in [2.75, 3.05) is 31.6 Å². The molecule has 0 aromatic carbocycles. The number of anilines is 1. The van der Waals surface area contributed by atoms with E-state index < -0.39 is 5.60 Å². The molecule has 23 heavy (non-hydrogen) atoms. The van der Waals surface area contributed by atoms with E-state index in [1.54, 1.807) is 12.4 Å². The van der Waals surface area contributed by atoms with Gasteiger partial charge in [0.15, 0.2) is 0 Å². The van der Waals surface area contributed by atoms with Gasteiger partial charge in [-0.2, -0.15) is 0 Å². The van der Waals surface area contributed by atoms with Gasteiger partial charge in [0, 0.05) is 39.1 Å². The number of rotatable bonds is 3. The maximum Gasteiger partial charge on any atom is 0.410 e. The molecule has 0 unspecified atom stereocenters. The van der Waals surface area contributed by atoms with Gasteiger partial charge in [-0.3, -0.25) is 4.98 Å². The van der Waals surface area contributed by atoms with Crippen LogP contribution in [0.15, 0.2) is 12.4 Å². The van der Waals surface area contributed by atoms with Crippen molar-refractivity contribution in [3.05, 3.63) is 18.1 Å². The van der Waals surface area contributed by atoms with Gasteiger partial charge in [0.05, 0.1) is 5.69 Å². The van der Waals surface area contributed by atoms with E-state index >= 15 is 0 Å². The van der Waals surface area contributed by atoms with E-state index in [4.69, 9.17) is 4.74 Å². The van der Waals surface area contributed by atoms with E-state index in [1.165, 1.54) is 0 Å². The molecular weight excluding hydrogens is 292 g/mol. The van der Waals surface area contributed by atoms with Gasteiger partial charge < -0.3 is 14.5 Å². The maximum absolute atomic E-state index is 12.1. The number of hydrogen-bond acceptors (Lipinski definition) is 5. The first kappa shape index (κ1) is 17.5. The van der Waals surface area contributed by atoms with Gasteiger partial charge in [0.1, 0.15) is 11.4 Å². The van der Waals surface area contributed by atoms with Crippen LogP contribution in [0.2, 0.25) is 0 Å². The lowest BCUT2D eigenvalue weighted by Gasteiger charge is -2.35. The molecule has 0 bridgehead atoms. The summed E-state index contributed by atoms with van der Waals surface area (Å²) in [5, 5.41) is 0. The van der Waals surface area contributed by atoms with Crippen molar-refractivity contribution < 1.29 is 9.53 Å². The molecule has 1 aromatic rings. The molecule has 0 atom stereocenters. The highest BCUT2D eigenvalue weighted by Gasteiger charge is 2.27. The molecular formula is C17H28N4O2. The molecule has 1 amide bonds. The van der Waals surface area contributed by atoms with Gasteiger partial charge in [-0.05, 0) is 46.5 Å². The predicted octanol–water partition coefficient (Wildman–Crippen LogP) is 2.87. The molecule has 1 aromatic heterocycles. The van der Waals surface area contributed by atoms with Gasteiger partial charge in [0.25, 0.3) is 0 Å². The summed E-state index contributed by atoms with van der Waals surface area (Å²) in [4.78, 5) is 24.8. The third-order valence-corrected chi connectivity index (χ3v) is 4.02. The van der Waals surface area contributed by atoms with E-state index in [0.717, 1.165) is 44.0 Å². The van der Waals surface area contributed by atoms with E-state index in [9.17, 15) is 4.79 Å². The zero-order valence-corrected chi connectivity index (χ0v) is 14.9. The Balaban J connectivity index is 1.83. The van der Waals surface area contributed by atoms with Crippen LogP contribution in [0.25, 0.3) is 0 Å². The van der Waals surface area contributed by atoms with E-state index in [0.29, 0.717) is 5.92 Å². The number of aromatic nitrogens is 2. The first-order chi connectivity index (χ1) is 10.8. The highest BCUT2D eigenvalue weighted by Crippen LogP contribution is 2.22. The third-order valence-electron chi connectivity index (χ3n) is 4.02. The molecule has 1 saturated heterocycles. The monoisotopic (exact) mass is 320 g/mol. The Bertz CT molecular complexity index is 534. The number of hydrogen-bond donors (Lipinski definition) is 0. The van der Waals surface area contributed by atoms with Gasteiger partial charge >= 0.3 is 6.09 Å². The predicted molar refractivity (Wildman–Crippen MR) is 90.6 cm³/mol. The Morgan fingerprint density at radius 3 is 2.48 bits per heavy atom. The second-order valence-electron chi connectivity index (χ2n) is 7.26. The number of ether oxygens (including phenoxy) is 1. The minimum atomic E-state index is -0.433. The average Bonchev–Trinajstić information content (AvgIpc) is 2.46. The lowest BCUT2D eigenvalue weighted by Crippen LogP contribution is -2.43. The second kappa shape index (κ2) is 7.15. The van der Waals surface area contributed by atoms with Crippen LogP contribution in [0.4, 0.5) is 10.6 Å². The summed E-state index contributed by atoms with van der Waals surface area (Å²) in [5.74, 6) is 1.49. The number of likely N-dealkylation sites (tertiary alicyclic amines) is 1. The quantitative estimate of drug-likeness (QED) is 0.857. The highest BCUT2D eigenvalue weighted by molar-refractivity contribution is 5.68. The van der Waals surface area contributed by atoms with Gasteiger partial charge in [-0.1, -0.05) is 0 Å². The van der Waals surface area contributed by atoms with Gasteiger partial charge in [-0.25, -0.2) is 9.78 Å². The molecule has 1 aliphatic rings. The normalized spacial score (nSPS) is 16.3. The summed E-state index contributed by atoms with van der Waals surface area (Å²) in [5.41, 5.74) is 0.513. The molecule has 6 nitrogen and oxygen atoms in total. The lowest BCUT2D eigenvalue weighted by molar-refractivity contribution is 0.0186. The van der Waals surface area contributed by atoms with Crippen LogP contribution in [-0.2, 0) is 4.74 Å². The van der Waals surface area contributed by atoms with Crippen molar-refractivity contribution in [2.45, 2.75) is 46.1 Å². The Hall–Kier alpha value is -1.85. The van der Waals surface area contributed by atoms with Crippen LogP contribution in [-0.4, -0.2) is 53.2 Å². The Labute approximate surface area is 138 Å². The van der Waals surface area contributed by atoms with Crippen molar-refractivity contribution in [3.63, 3.8) is 0 Å². The summed E-state index contributed by atoms with van der Waals surface area (Å²) in [6.45, 7) is 10.1. The molecule has 0 radical (unpaired) electrons. The SMILES string of the molecule is Cc1nccnc1N(C)CC1CCN(C(=O)OC(C)(C)C)CC1. The number of carbonyl (C=O) groups is 1. The fourth-order valence-corrected chi connectivity index (χ4v) is 2.87. The summed E-state index contributed by atoms with van der Waals surface area (Å²) in [6, 6.07) is 0. The zero-order valence-electron chi connectivity index (χ0n) is 14.9. The molecule has 2 rings (SSSR count). The minimum Gasteiger partial charge on any atom is -0.444 e. The van der Waals surface area contributed by atoms with Gasteiger partial charge in [0.2, 0.25) is 0 Å². The third kappa shape index (κ3) is 5.08. The molecule has 6 heteroatoms. The van der Waals surface area contributed by atoms with Crippen LogP contribution in [0.1, 0.15) is 39.3 Å². The molecule has 0 saturated carbocycles. The van der Waals surface area contributed by atoms with Crippen LogP contribution in [0.5, 0.6) is 0 Å². The Morgan fingerprint density at radius 2 is 1.91 bits per heavy atom. The van der Waals surface area contributed by atoms with Gasteiger partial charge in [-0.15, -0.1) is 0 Å². The minimum absolute atomic E-state index is 0.200. The van der Waals surface area contributed by atoms with Crippen molar-refractivity contribution in [1.82, 2.24) is 14.9 Å². The first-order valence-electron chi connectivity index (χ1n) is 8.23. The second-order valence-corrected chi connectivity index (χ2v) is 7.26. The van der Waals surface area contributed by atoms with E-state index in [-0.39, 0.29) is 6.09 Å².